The van der Waals surface area contributed by atoms with Gasteiger partial charge >= 0.3 is 6.03 Å². The third-order valence-electron chi connectivity index (χ3n) is 5.26. The van der Waals surface area contributed by atoms with Gasteiger partial charge in [0, 0.05) is 24.9 Å². The maximum atomic E-state index is 12.7. The SMILES string of the molecule is CC(C)c1nc(C2CCN(C(=O)NC(C)c3nc4ccccc4[nH]3)CC2)no1. The van der Waals surface area contributed by atoms with Gasteiger partial charge in [-0.25, -0.2) is 9.78 Å². The number of urea groups is 1. The number of aromatic nitrogens is 4. The molecule has 1 fully saturated rings. The maximum Gasteiger partial charge on any atom is 0.317 e. The lowest BCUT2D eigenvalue weighted by atomic mass is 9.96. The molecule has 1 aliphatic heterocycles. The zero-order chi connectivity index (χ0) is 19.7. The number of hydrogen-bond donors (Lipinski definition) is 2. The number of likely N-dealkylation sites (tertiary alicyclic amines) is 1. The highest BCUT2D eigenvalue weighted by atomic mass is 16.5. The van der Waals surface area contributed by atoms with Crippen LogP contribution in [-0.4, -0.2) is 44.1 Å². The van der Waals surface area contributed by atoms with Gasteiger partial charge in [-0.15, -0.1) is 0 Å². The Labute approximate surface area is 163 Å². The first kappa shape index (κ1) is 18.5. The van der Waals surface area contributed by atoms with Crippen molar-refractivity contribution in [3.05, 3.63) is 41.8 Å². The van der Waals surface area contributed by atoms with Gasteiger partial charge in [0.2, 0.25) is 5.89 Å². The Morgan fingerprint density at radius 3 is 2.64 bits per heavy atom. The van der Waals surface area contributed by atoms with E-state index < -0.39 is 0 Å². The van der Waals surface area contributed by atoms with E-state index in [-0.39, 0.29) is 23.9 Å². The van der Waals surface area contributed by atoms with Crippen LogP contribution in [0.3, 0.4) is 0 Å². The van der Waals surface area contributed by atoms with Crippen LogP contribution in [0.25, 0.3) is 11.0 Å². The van der Waals surface area contributed by atoms with Crippen molar-refractivity contribution in [1.29, 1.82) is 0 Å². The summed E-state index contributed by atoms with van der Waals surface area (Å²) in [6.45, 7) is 7.36. The quantitative estimate of drug-likeness (QED) is 0.716. The van der Waals surface area contributed by atoms with E-state index in [1.165, 1.54) is 0 Å². The zero-order valence-corrected chi connectivity index (χ0v) is 16.5. The van der Waals surface area contributed by atoms with E-state index in [0.29, 0.717) is 19.0 Å². The molecule has 1 atom stereocenters. The Morgan fingerprint density at radius 2 is 1.96 bits per heavy atom. The predicted octanol–water partition coefficient (Wildman–Crippen LogP) is 3.72. The highest BCUT2D eigenvalue weighted by Gasteiger charge is 2.28. The molecule has 0 radical (unpaired) electrons. The number of H-pyrrole nitrogens is 1. The summed E-state index contributed by atoms with van der Waals surface area (Å²) >= 11 is 0. The average Bonchev–Trinajstić information content (AvgIpc) is 3.35. The number of hydrogen-bond acceptors (Lipinski definition) is 5. The number of rotatable bonds is 4. The molecule has 1 saturated heterocycles. The van der Waals surface area contributed by atoms with Gasteiger partial charge in [-0.2, -0.15) is 4.98 Å². The molecule has 1 aromatic carbocycles. The molecule has 0 saturated carbocycles. The van der Waals surface area contributed by atoms with Crippen LogP contribution >= 0.6 is 0 Å². The second-order valence-corrected chi connectivity index (χ2v) is 7.72. The normalized spacial score (nSPS) is 16.6. The first-order valence-corrected chi connectivity index (χ1v) is 9.85. The lowest BCUT2D eigenvalue weighted by Crippen LogP contribution is -2.45. The Balaban J connectivity index is 1.33. The van der Waals surface area contributed by atoms with Crippen LogP contribution in [0.4, 0.5) is 4.79 Å². The number of benzene rings is 1. The molecular formula is C20H26N6O2. The number of carbonyl (C=O) groups excluding carboxylic acids is 1. The monoisotopic (exact) mass is 382 g/mol. The van der Waals surface area contributed by atoms with E-state index in [2.05, 4.69) is 25.4 Å². The molecule has 2 aromatic heterocycles. The van der Waals surface area contributed by atoms with Crippen LogP contribution in [-0.2, 0) is 0 Å². The van der Waals surface area contributed by atoms with Crippen LogP contribution in [0.5, 0.6) is 0 Å². The lowest BCUT2D eigenvalue weighted by Gasteiger charge is -2.31. The fourth-order valence-electron chi connectivity index (χ4n) is 3.51. The Kier molecular flexibility index (Phi) is 5.02. The number of amides is 2. The van der Waals surface area contributed by atoms with Crippen LogP contribution in [0.1, 0.15) is 69.0 Å². The minimum atomic E-state index is -0.191. The van der Waals surface area contributed by atoms with Crippen molar-refractivity contribution in [1.82, 2.24) is 30.3 Å². The number of aromatic amines is 1. The molecule has 8 heteroatoms. The Morgan fingerprint density at radius 1 is 1.21 bits per heavy atom. The number of imidazole rings is 1. The minimum absolute atomic E-state index is 0.0672. The van der Waals surface area contributed by atoms with Crippen LogP contribution < -0.4 is 5.32 Å². The van der Waals surface area contributed by atoms with Gasteiger partial charge in [-0.1, -0.05) is 31.1 Å². The molecule has 8 nitrogen and oxygen atoms in total. The van der Waals surface area contributed by atoms with E-state index in [9.17, 15) is 4.79 Å². The molecular weight excluding hydrogens is 356 g/mol. The van der Waals surface area contributed by atoms with Crippen molar-refractivity contribution < 1.29 is 9.32 Å². The van der Waals surface area contributed by atoms with E-state index in [4.69, 9.17) is 4.52 Å². The topological polar surface area (TPSA) is 99.9 Å². The van der Waals surface area contributed by atoms with Crippen molar-refractivity contribution in [3.63, 3.8) is 0 Å². The highest BCUT2D eigenvalue weighted by molar-refractivity contribution is 5.76. The van der Waals surface area contributed by atoms with Crippen LogP contribution in [0, 0.1) is 0 Å². The molecule has 3 heterocycles. The van der Waals surface area contributed by atoms with E-state index in [0.717, 1.165) is 35.5 Å². The number of para-hydroxylation sites is 2. The van der Waals surface area contributed by atoms with E-state index in [1.54, 1.807) is 0 Å². The van der Waals surface area contributed by atoms with Crippen LogP contribution in [0.15, 0.2) is 28.8 Å². The Bertz CT molecular complexity index is 921. The smallest absolute Gasteiger partial charge is 0.317 e. The van der Waals surface area contributed by atoms with Crippen molar-refractivity contribution in [2.45, 2.75) is 51.5 Å². The fraction of sp³-hybridized carbons (Fsp3) is 0.500. The molecule has 4 rings (SSSR count). The number of carbonyl (C=O) groups is 1. The van der Waals surface area contributed by atoms with E-state index >= 15 is 0 Å². The van der Waals surface area contributed by atoms with Crippen molar-refractivity contribution in [2.75, 3.05) is 13.1 Å². The first-order valence-electron chi connectivity index (χ1n) is 9.85. The summed E-state index contributed by atoms with van der Waals surface area (Å²) in [7, 11) is 0. The molecule has 3 aromatic rings. The molecule has 2 amide bonds. The number of nitrogens with zero attached hydrogens (tertiary/aromatic N) is 4. The molecule has 1 aliphatic rings. The largest absolute Gasteiger partial charge is 0.340 e. The van der Waals surface area contributed by atoms with E-state index in [1.807, 2.05) is 49.9 Å². The van der Waals surface area contributed by atoms with Gasteiger partial charge in [0.05, 0.1) is 17.1 Å². The zero-order valence-electron chi connectivity index (χ0n) is 16.5. The molecule has 0 bridgehead atoms. The van der Waals surface area contributed by atoms with Gasteiger partial charge in [0.25, 0.3) is 0 Å². The summed E-state index contributed by atoms with van der Waals surface area (Å²) in [6, 6.07) is 7.59. The van der Waals surface area contributed by atoms with Crippen molar-refractivity contribution >= 4 is 17.1 Å². The standard InChI is InChI=1S/C20H26N6O2/c1-12(2)19-24-18(25-28-19)14-8-10-26(11-9-14)20(27)21-13(3)17-22-15-6-4-5-7-16(15)23-17/h4-7,12-14H,8-11H2,1-3H3,(H,21,27)(H,22,23). The molecule has 1 unspecified atom stereocenters. The highest BCUT2D eigenvalue weighted by Crippen LogP contribution is 2.27. The summed E-state index contributed by atoms with van der Waals surface area (Å²) in [5.41, 5.74) is 1.88. The van der Waals surface area contributed by atoms with Crippen molar-refractivity contribution in [3.8, 4) is 0 Å². The van der Waals surface area contributed by atoms with Gasteiger partial charge in [-0.05, 0) is 31.9 Å². The van der Waals surface area contributed by atoms with Gasteiger partial charge in [0.1, 0.15) is 5.82 Å². The summed E-state index contributed by atoms with van der Waals surface area (Å²) in [6.07, 6.45) is 1.67. The van der Waals surface area contributed by atoms with Crippen LogP contribution in [0.2, 0.25) is 0 Å². The second-order valence-electron chi connectivity index (χ2n) is 7.72. The third-order valence-corrected chi connectivity index (χ3v) is 5.26. The lowest BCUT2D eigenvalue weighted by molar-refractivity contribution is 0.176. The average molecular weight is 382 g/mol. The van der Waals surface area contributed by atoms with Gasteiger partial charge < -0.3 is 19.7 Å². The van der Waals surface area contributed by atoms with Crippen molar-refractivity contribution in [2.24, 2.45) is 0 Å². The fourth-order valence-corrected chi connectivity index (χ4v) is 3.51. The molecule has 0 aliphatic carbocycles. The predicted molar refractivity (Wildman–Crippen MR) is 105 cm³/mol. The third kappa shape index (κ3) is 3.72. The summed E-state index contributed by atoms with van der Waals surface area (Å²) in [5.74, 6) is 2.67. The Hall–Kier alpha value is -2.90. The molecule has 148 valence electrons. The van der Waals surface area contributed by atoms with Gasteiger partial charge in [-0.3, -0.25) is 0 Å². The summed E-state index contributed by atoms with van der Waals surface area (Å²) < 4.78 is 5.32. The first-order chi connectivity index (χ1) is 13.5. The second kappa shape index (κ2) is 7.61. The van der Waals surface area contributed by atoms with Gasteiger partial charge in [0.15, 0.2) is 5.82 Å². The summed E-state index contributed by atoms with van der Waals surface area (Å²) in [4.78, 5) is 26.8. The maximum absolute atomic E-state index is 12.7. The summed E-state index contributed by atoms with van der Waals surface area (Å²) in [5, 5.41) is 7.17. The number of fused-ring (bicyclic) bond motifs is 1. The molecule has 2 N–H and O–H groups in total. The number of piperidine rings is 1. The molecule has 0 spiro atoms. The minimum Gasteiger partial charge on any atom is -0.340 e. The molecule has 28 heavy (non-hydrogen) atoms. The number of nitrogens with one attached hydrogen (secondary N) is 2.